The highest BCUT2D eigenvalue weighted by Gasteiger charge is 2.47. The van der Waals surface area contributed by atoms with E-state index in [0.29, 0.717) is 12.8 Å². The minimum Gasteiger partial charge on any atom is -0.454 e. The zero-order valence-corrected chi connectivity index (χ0v) is 44.4. The smallest absolute Gasteiger partial charge is 0.306 e. The fraction of sp³-hybridized carbons (Fsp3) is 0.763. The lowest BCUT2D eigenvalue weighted by molar-refractivity contribution is -0.305. The summed E-state index contributed by atoms with van der Waals surface area (Å²) in [4.78, 5) is 26.4. The third-order valence-corrected chi connectivity index (χ3v) is 12.8. The SMILES string of the molecule is CC/C=C/C/C=C/CCCCCCCCC(O)C(=O)NC(COC1OC(CO)C(O)C(O)C1OC(=O)CCCCCC/C=C\C/C=C\C/C=C\CCCCC)C(O)/C=C/CCCCCCCCCCC. The van der Waals surface area contributed by atoms with E-state index >= 15 is 0 Å². The number of carbonyl (C=O) groups excluding carboxylic acids is 2. The summed E-state index contributed by atoms with van der Waals surface area (Å²) in [5, 5.41) is 56.7. The molecule has 1 heterocycles. The second-order valence-electron chi connectivity index (χ2n) is 19.3. The Hall–Kier alpha value is -2.90. The van der Waals surface area contributed by atoms with Gasteiger partial charge >= 0.3 is 5.97 Å². The lowest BCUT2D eigenvalue weighted by atomic mass is 9.99. The Morgan fingerprint density at radius 3 is 1.57 bits per heavy atom. The predicted octanol–water partition coefficient (Wildman–Crippen LogP) is 12.4. The minimum absolute atomic E-state index is 0.0945. The second kappa shape index (κ2) is 47.1. The van der Waals surface area contributed by atoms with Gasteiger partial charge in [0.05, 0.1) is 25.4 Å². The van der Waals surface area contributed by atoms with E-state index in [9.17, 15) is 35.1 Å². The van der Waals surface area contributed by atoms with Crippen molar-refractivity contribution in [3.8, 4) is 0 Å². The number of hydrogen-bond donors (Lipinski definition) is 6. The van der Waals surface area contributed by atoms with Crippen LogP contribution in [0.15, 0.2) is 72.9 Å². The molecule has 1 aliphatic heterocycles. The van der Waals surface area contributed by atoms with Crippen molar-refractivity contribution in [1.29, 1.82) is 0 Å². The highest BCUT2D eigenvalue weighted by molar-refractivity contribution is 5.80. The molecule has 0 bridgehead atoms. The van der Waals surface area contributed by atoms with E-state index in [1.54, 1.807) is 6.08 Å². The monoisotopic (exact) mass is 986 g/mol. The highest BCUT2D eigenvalue weighted by Crippen LogP contribution is 2.26. The fourth-order valence-corrected chi connectivity index (χ4v) is 8.34. The van der Waals surface area contributed by atoms with Crippen molar-refractivity contribution in [1.82, 2.24) is 5.32 Å². The number of aliphatic hydroxyl groups excluding tert-OH is 5. The molecule has 0 aliphatic carbocycles. The van der Waals surface area contributed by atoms with E-state index in [2.05, 4.69) is 86.8 Å². The summed E-state index contributed by atoms with van der Waals surface area (Å²) in [5.41, 5.74) is 0. The van der Waals surface area contributed by atoms with E-state index in [1.807, 2.05) is 6.08 Å². The van der Waals surface area contributed by atoms with Crippen LogP contribution in [0.25, 0.3) is 0 Å². The van der Waals surface area contributed by atoms with Crippen molar-refractivity contribution < 1.29 is 49.3 Å². The molecule has 1 amide bonds. The molecule has 1 rings (SSSR count). The molecule has 11 heteroatoms. The van der Waals surface area contributed by atoms with Gasteiger partial charge in [-0.1, -0.05) is 203 Å². The second-order valence-corrected chi connectivity index (χ2v) is 19.3. The van der Waals surface area contributed by atoms with Crippen molar-refractivity contribution in [3.05, 3.63) is 72.9 Å². The molecule has 11 nitrogen and oxygen atoms in total. The summed E-state index contributed by atoms with van der Waals surface area (Å²) in [5.74, 6) is -1.23. The fourth-order valence-electron chi connectivity index (χ4n) is 8.34. The number of rotatable bonds is 46. The van der Waals surface area contributed by atoms with Crippen LogP contribution in [0.1, 0.15) is 226 Å². The van der Waals surface area contributed by atoms with Crippen molar-refractivity contribution >= 4 is 11.9 Å². The van der Waals surface area contributed by atoms with Crippen molar-refractivity contribution in [3.63, 3.8) is 0 Å². The number of amides is 1. The molecule has 404 valence electrons. The van der Waals surface area contributed by atoms with Crippen LogP contribution in [0.4, 0.5) is 0 Å². The molecule has 0 saturated carbocycles. The number of carbonyl (C=O) groups is 2. The van der Waals surface area contributed by atoms with Gasteiger partial charge in [-0.15, -0.1) is 0 Å². The van der Waals surface area contributed by atoms with Crippen LogP contribution in [0.5, 0.6) is 0 Å². The average Bonchev–Trinajstić information content (AvgIpc) is 3.36. The van der Waals surface area contributed by atoms with E-state index in [4.69, 9.17) is 14.2 Å². The number of esters is 1. The first kappa shape index (κ1) is 65.1. The molecule has 8 atom stereocenters. The molecule has 1 saturated heterocycles. The number of ether oxygens (including phenoxy) is 3. The molecule has 1 aliphatic rings. The van der Waals surface area contributed by atoms with Gasteiger partial charge in [0.25, 0.3) is 0 Å². The highest BCUT2D eigenvalue weighted by atomic mass is 16.7. The Balaban J connectivity index is 2.75. The van der Waals surface area contributed by atoms with Crippen LogP contribution in [-0.4, -0.2) is 99.6 Å². The van der Waals surface area contributed by atoms with Gasteiger partial charge < -0.3 is 45.1 Å². The minimum atomic E-state index is -1.63. The van der Waals surface area contributed by atoms with Gasteiger partial charge in [0, 0.05) is 6.42 Å². The number of nitrogens with one attached hydrogen (secondary N) is 1. The van der Waals surface area contributed by atoms with Gasteiger partial charge in [0.15, 0.2) is 12.4 Å². The lowest BCUT2D eigenvalue weighted by Gasteiger charge is -2.41. The van der Waals surface area contributed by atoms with Gasteiger partial charge in [-0.05, 0) is 89.9 Å². The molecule has 0 aromatic rings. The summed E-state index contributed by atoms with van der Waals surface area (Å²) >= 11 is 0. The summed E-state index contributed by atoms with van der Waals surface area (Å²) in [6.45, 7) is 5.60. The number of allylic oxidation sites excluding steroid dienone is 11. The van der Waals surface area contributed by atoms with E-state index in [-0.39, 0.29) is 19.4 Å². The van der Waals surface area contributed by atoms with Crippen LogP contribution in [0.2, 0.25) is 0 Å². The summed E-state index contributed by atoms with van der Waals surface area (Å²) in [6.07, 6.45) is 48.0. The Morgan fingerprint density at radius 2 is 1.03 bits per heavy atom. The maximum Gasteiger partial charge on any atom is 0.306 e. The van der Waals surface area contributed by atoms with Crippen molar-refractivity contribution in [2.24, 2.45) is 0 Å². The topological polar surface area (TPSA) is 175 Å². The number of hydrogen-bond acceptors (Lipinski definition) is 10. The van der Waals surface area contributed by atoms with Crippen LogP contribution in [0.3, 0.4) is 0 Å². The first-order chi connectivity index (χ1) is 34.2. The van der Waals surface area contributed by atoms with E-state index in [0.717, 1.165) is 116 Å². The Labute approximate surface area is 426 Å². The Morgan fingerprint density at radius 1 is 0.571 bits per heavy atom. The molecule has 70 heavy (non-hydrogen) atoms. The van der Waals surface area contributed by atoms with Crippen LogP contribution < -0.4 is 5.32 Å². The molecule has 0 spiro atoms. The largest absolute Gasteiger partial charge is 0.454 e. The van der Waals surface area contributed by atoms with Crippen molar-refractivity contribution in [2.75, 3.05) is 13.2 Å². The maximum atomic E-state index is 13.3. The van der Waals surface area contributed by atoms with Crippen LogP contribution in [-0.2, 0) is 23.8 Å². The van der Waals surface area contributed by atoms with Gasteiger partial charge in [-0.3, -0.25) is 9.59 Å². The average molecular weight is 986 g/mol. The zero-order valence-electron chi connectivity index (χ0n) is 44.4. The normalized spacial score (nSPS) is 20.3. The molecule has 1 fully saturated rings. The van der Waals surface area contributed by atoms with E-state index in [1.165, 1.54) is 64.2 Å². The summed E-state index contributed by atoms with van der Waals surface area (Å²) in [6, 6.07) is -1.03. The third-order valence-electron chi connectivity index (χ3n) is 12.8. The maximum absolute atomic E-state index is 13.3. The first-order valence-electron chi connectivity index (χ1n) is 28.2. The van der Waals surface area contributed by atoms with Crippen molar-refractivity contribution in [2.45, 2.75) is 275 Å². The van der Waals surface area contributed by atoms with E-state index < -0.39 is 67.4 Å². The Bertz CT molecular complexity index is 1410. The molecular formula is C59H103NO10. The van der Waals surface area contributed by atoms with Gasteiger partial charge in [-0.25, -0.2) is 0 Å². The summed E-state index contributed by atoms with van der Waals surface area (Å²) in [7, 11) is 0. The predicted molar refractivity (Wildman–Crippen MR) is 287 cm³/mol. The van der Waals surface area contributed by atoms with Crippen LogP contribution in [0, 0.1) is 0 Å². The first-order valence-corrected chi connectivity index (χ1v) is 28.2. The Kier molecular flexibility index (Phi) is 43.8. The third kappa shape index (κ3) is 35.3. The molecule has 0 aromatic carbocycles. The molecule has 8 unspecified atom stereocenters. The number of unbranched alkanes of at least 4 members (excludes halogenated alkanes) is 22. The molecule has 6 N–H and O–H groups in total. The zero-order chi connectivity index (χ0) is 51.1. The van der Waals surface area contributed by atoms with Gasteiger partial charge in [-0.2, -0.15) is 0 Å². The lowest BCUT2D eigenvalue weighted by Crippen LogP contribution is -2.61. The molecular weight excluding hydrogens is 883 g/mol. The van der Waals surface area contributed by atoms with Crippen LogP contribution >= 0.6 is 0 Å². The quantitative estimate of drug-likeness (QED) is 0.0196. The summed E-state index contributed by atoms with van der Waals surface area (Å²) < 4.78 is 17.5. The standard InChI is InChI=1S/C59H103NO10/c1-4-7-10-13-16-19-22-24-25-26-27-29-32-35-38-41-44-47-54(64)70-57-56(66)55(65)53(48-61)69-59(57)68-49-50(51(62)45-42-39-36-33-30-21-18-15-12-9-6-3)60-58(67)52(63)46-43-40-37-34-31-28-23-20-17-14-11-8-5-2/h8,11,16-17,19-20,24-25,27,29,42,45,50-53,55-57,59,61-63,65-66H,4-7,9-10,12-15,18,21-23,26,28,30-41,43-44,46-49H2,1-3H3,(H,60,67)/b11-8+,19-16-,20-17+,25-24-,29-27-,45-42+. The van der Waals surface area contributed by atoms with Gasteiger partial charge in [0.1, 0.15) is 24.4 Å². The molecule has 0 aromatic heterocycles. The molecule has 0 radical (unpaired) electrons. The van der Waals surface area contributed by atoms with Gasteiger partial charge in [0.2, 0.25) is 5.91 Å². The number of aliphatic hydroxyl groups is 5.